The van der Waals surface area contributed by atoms with Gasteiger partial charge < -0.3 is 5.73 Å². The molecule has 0 aliphatic carbocycles. The van der Waals surface area contributed by atoms with Crippen LogP contribution in [-0.4, -0.2) is 12.5 Å². The summed E-state index contributed by atoms with van der Waals surface area (Å²) >= 11 is 3.52. The number of nitrogens with two attached hydrogens (primary N) is 1. The zero-order chi connectivity index (χ0) is 8.97. The van der Waals surface area contributed by atoms with Crippen molar-refractivity contribution in [3.05, 3.63) is 23.8 Å². The summed E-state index contributed by atoms with van der Waals surface area (Å²) in [4.78, 5) is 2.60. The molecular formula is C9H13NS2. The molecule has 0 aromatic heterocycles. The van der Waals surface area contributed by atoms with Crippen LogP contribution in [0.1, 0.15) is 5.56 Å². The third kappa shape index (κ3) is 2.19. The van der Waals surface area contributed by atoms with Gasteiger partial charge in [0.2, 0.25) is 0 Å². The molecule has 0 aliphatic rings. The molecule has 0 fully saturated rings. The Kier molecular flexibility index (Phi) is 3.98. The molecule has 0 heterocycles. The number of benzene rings is 1. The van der Waals surface area contributed by atoms with Crippen molar-refractivity contribution in [3.8, 4) is 0 Å². The van der Waals surface area contributed by atoms with E-state index in [0.717, 1.165) is 0 Å². The fourth-order valence-corrected chi connectivity index (χ4v) is 2.19. The van der Waals surface area contributed by atoms with Crippen LogP contribution < -0.4 is 5.73 Å². The Bertz CT molecular complexity index is 261. The Morgan fingerprint density at radius 3 is 2.50 bits per heavy atom. The molecule has 2 N–H and O–H groups in total. The number of rotatable bonds is 3. The van der Waals surface area contributed by atoms with E-state index in [1.807, 2.05) is 0 Å². The van der Waals surface area contributed by atoms with Crippen molar-refractivity contribution < 1.29 is 0 Å². The van der Waals surface area contributed by atoms with Crippen LogP contribution in [0.2, 0.25) is 0 Å². The van der Waals surface area contributed by atoms with E-state index >= 15 is 0 Å². The molecule has 0 spiro atoms. The van der Waals surface area contributed by atoms with Crippen LogP contribution >= 0.6 is 23.5 Å². The molecule has 0 unspecified atom stereocenters. The molecule has 0 radical (unpaired) electrons. The van der Waals surface area contributed by atoms with Gasteiger partial charge in [0.05, 0.1) is 0 Å². The Labute approximate surface area is 82.1 Å². The molecule has 1 aromatic carbocycles. The fourth-order valence-electron chi connectivity index (χ4n) is 1.02. The maximum Gasteiger partial charge on any atom is 0.0189 e. The van der Waals surface area contributed by atoms with Gasteiger partial charge in [-0.05, 0) is 30.2 Å². The highest BCUT2D eigenvalue weighted by molar-refractivity contribution is 7.99. The molecule has 12 heavy (non-hydrogen) atoms. The van der Waals surface area contributed by atoms with Crippen LogP contribution in [-0.2, 0) is 6.54 Å². The quantitative estimate of drug-likeness (QED) is 0.758. The largest absolute Gasteiger partial charge is 0.326 e. The number of thioether (sulfide) groups is 2. The molecule has 0 bridgehead atoms. The summed E-state index contributed by atoms with van der Waals surface area (Å²) in [5.74, 6) is 0. The Morgan fingerprint density at radius 1 is 1.25 bits per heavy atom. The van der Waals surface area contributed by atoms with Gasteiger partial charge in [-0.3, -0.25) is 0 Å². The van der Waals surface area contributed by atoms with Crippen LogP contribution in [0.3, 0.4) is 0 Å². The van der Waals surface area contributed by atoms with Crippen molar-refractivity contribution >= 4 is 23.5 Å². The van der Waals surface area contributed by atoms with Crippen molar-refractivity contribution in [2.45, 2.75) is 16.3 Å². The lowest BCUT2D eigenvalue weighted by atomic mass is 10.2. The molecule has 0 saturated heterocycles. The van der Waals surface area contributed by atoms with Gasteiger partial charge in [0.1, 0.15) is 0 Å². The highest BCUT2D eigenvalue weighted by atomic mass is 32.2. The first-order chi connectivity index (χ1) is 5.81. The summed E-state index contributed by atoms with van der Waals surface area (Å²) < 4.78 is 0. The van der Waals surface area contributed by atoms with E-state index < -0.39 is 0 Å². The minimum atomic E-state index is 0.630. The molecular weight excluding hydrogens is 186 g/mol. The minimum absolute atomic E-state index is 0.630. The topological polar surface area (TPSA) is 26.0 Å². The zero-order valence-electron chi connectivity index (χ0n) is 7.33. The smallest absolute Gasteiger partial charge is 0.0189 e. The van der Waals surface area contributed by atoms with Crippen molar-refractivity contribution in [2.24, 2.45) is 5.73 Å². The highest BCUT2D eigenvalue weighted by Gasteiger charge is 2.00. The number of hydrogen-bond donors (Lipinski definition) is 1. The second-order valence-corrected chi connectivity index (χ2v) is 4.11. The summed E-state index contributed by atoms with van der Waals surface area (Å²) in [6.45, 7) is 0.630. The first-order valence-electron chi connectivity index (χ1n) is 3.72. The van der Waals surface area contributed by atoms with E-state index in [2.05, 4.69) is 30.7 Å². The summed E-state index contributed by atoms with van der Waals surface area (Å²) in [6, 6.07) is 6.42. The summed E-state index contributed by atoms with van der Waals surface area (Å²) in [6.07, 6.45) is 4.17. The monoisotopic (exact) mass is 199 g/mol. The van der Waals surface area contributed by atoms with Gasteiger partial charge in [0, 0.05) is 16.3 Å². The van der Waals surface area contributed by atoms with E-state index in [-0.39, 0.29) is 0 Å². The molecule has 0 aliphatic heterocycles. The van der Waals surface area contributed by atoms with E-state index in [0.29, 0.717) is 6.54 Å². The van der Waals surface area contributed by atoms with Crippen molar-refractivity contribution in [3.63, 3.8) is 0 Å². The SMILES string of the molecule is CSc1ccc(CN)c(SC)c1. The molecule has 1 nitrogen and oxygen atoms in total. The Balaban J connectivity index is 3.02. The van der Waals surface area contributed by atoms with Crippen LogP contribution in [0.5, 0.6) is 0 Å². The molecule has 1 rings (SSSR count). The number of hydrogen-bond acceptors (Lipinski definition) is 3. The van der Waals surface area contributed by atoms with Gasteiger partial charge in [-0.15, -0.1) is 23.5 Å². The van der Waals surface area contributed by atoms with Crippen molar-refractivity contribution in [1.29, 1.82) is 0 Å². The lowest BCUT2D eigenvalue weighted by Gasteiger charge is -2.06. The summed E-state index contributed by atoms with van der Waals surface area (Å²) in [7, 11) is 0. The van der Waals surface area contributed by atoms with Crippen molar-refractivity contribution in [1.82, 2.24) is 0 Å². The first kappa shape index (κ1) is 9.96. The Morgan fingerprint density at radius 2 is 2.00 bits per heavy atom. The standard InChI is InChI=1S/C9H13NS2/c1-11-8-4-3-7(6-10)9(5-8)12-2/h3-5H,6,10H2,1-2H3. The summed E-state index contributed by atoms with van der Waals surface area (Å²) in [5, 5.41) is 0. The van der Waals surface area contributed by atoms with E-state index in [4.69, 9.17) is 5.73 Å². The molecule has 1 aromatic rings. The zero-order valence-corrected chi connectivity index (χ0v) is 8.97. The van der Waals surface area contributed by atoms with Crippen LogP contribution in [0.15, 0.2) is 28.0 Å². The van der Waals surface area contributed by atoms with Crippen LogP contribution in [0.25, 0.3) is 0 Å². The van der Waals surface area contributed by atoms with Crippen LogP contribution in [0.4, 0.5) is 0 Å². The summed E-state index contributed by atoms with van der Waals surface area (Å²) in [5.41, 5.74) is 6.83. The average Bonchev–Trinajstić information content (AvgIpc) is 2.16. The molecule has 0 amide bonds. The normalized spacial score (nSPS) is 10.2. The third-order valence-corrected chi connectivity index (χ3v) is 3.26. The maximum absolute atomic E-state index is 5.60. The van der Waals surface area contributed by atoms with Crippen LogP contribution in [0, 0.1) is 0 Å². The molecule has 0 atom stereocenters. The van der Waals surface area contributed by atoms with Crippen molar-refractivity contribution in [2.75, 3.05) is 12.5 Å². The molecule has 0 saturated carbocycles. The van der Waals surface area contributed by atoms with E-state index in [1.54, 1.807) is 23.5 Å². The van der Waals surface area contributed by atoms with Gasteiger partial charge in [-0.1, -0.05) is 6.07 Å². The van der Waals surface area contributed by atoms with Gasteiger partial charge in [0.15, 0.2) is 0 Å². The lowest BCUT2D eigenvalue weighted by Crippen LogP contribution is -1.97. The van der Waals surface area contributed by atoms with E-state index in [9.17, 15) is 0 Å². The highest BCUT2D eigenvalue weighted by Crippen LogP contribution is 2.25. The third-order valence-electron chi connectivity index (χ3n) is 1.71. The average molecular weight is 199 g/mol. The predicted molar refractivity (Wildman–Crippen MR) is 57.9 cm³/mol. The van der Waals surface area contributed by atoms with Gasteiger partial charge in [-0.25, -0.2) is 0 Å². The second-order valence-electron chi connectivity index (χ2n) is 2.38. The fraction of sp³-hybridized carbons (Fsp3) is 0.333. The Hall–Kier alpha value is -0.120. The first-order valence-corrected chi connectivity index (χ1v) is 6.17. The van der Waals surface area contributed by atoms with Gasteiger partial charge in [0.25, 0.3) is 0 Å². The second kappa shape index (κ2) is 4.80. The lowest BCUT2D eigenvalue weighted by molar-refractivity contribution is 1.02. The predicted octanol–water partition coefficient (Wildman–Crippen LogP) is 2.59. The van der Waals surface area contributed by atoms with Gasteiger partial charge in [-0.2, -0.15) is 0 Å². The maximum atomic E-state index is 5.60. The molecule has 3 heteroatoms. The molecule has 66 valence electrons. The van der Waals surface area contributed by atoms with E-state index in [1.165, 1.54) is 15.4 Å². The minimum Gasteiger partial charge on any atom is -0.326 e. The van der Waals surface area contributed by atoms with Gasteiger partial charge >= 0.3 is 0 Å².